The van der Waals surface area contributed by atoms with Crippen molar-refractivity contribution in [2.75, 3.05) is 19.6 Å². The van der Waals surface area contributed by atoms with Crippen LogP contribution in [0.15, 0.2) is 108 Å². The van der Waals surface area contributed by atoms with Gasteiger partial charge in [0.25, 0.3) is 5.91 Å². The number of nitrogens with one attached hydrogen (secondary N) is 8. The lowest BCUT2D eigenvalue weighted by molar-refractivity contribution is -0.134. The van der Waals surface area contributed by atoms with Crippen molar-refractivity contribution in [3.63, 3.8) is 0 Å². The molecule has 0 aliphatic carbocycles. The Bertz CT molecular complexity index is 2660. The van der Waals surface area contributed by atoms with Crippen LogP contribution >= 0.6 is 0 Å². The van der Waals surface area contributed by atoms with E-state index in [1.165, 1.54) is 0 Å². The van der Waals surface area contributed by atoms with E-state index in [4.69, 9.17) is 11.5 Å². The summed E-state index contributed by atoms with van der Waals surface area (Å²) in [4.78, 5) is 106. The number of aliphatic imine (C=N–C) groups is 1. The third-order valence-corrected chi connectivity index (χ3v) is 12.4. The van der Waals surface area contributed by atoms with Crippen molar-refractivity contribution >= 4 is 69.0 Å². The molecule has 1 saturated heterocycles. The van der Waals surface area contributed by atoms with E-state index in [2.05, 4.69) is 47.2 Å². The molecule has 1 fully saturated rings. The molecule has 4 aromatic carbocycles. The summed E-state index contributed by atoms with van der Waals surface area (Å²) in [6.07, 6.45) is 3.38. The van der Waals surface area contributed by atoms with Crippen LogP contribution in [0.5, 0.6) is 0 Å². The molecule has 1 aromatic heterocycles. The Labute approximate surface area is 413 Å². The smallest absolute Gasteiger partial charge is 0.251 e. The van der Waals surface area contributed by atoms with Crippen molar-refractivity contribution in [2.24, 2.45) is 22.4 Å². The number of nitrogens with zero attached hydrogens (tertiary/aromatic N) is 1. The van der Waals surface area contributed by atoms with E-state index in [1.807, 2.05) is 105 Å². The van der Waals surface area contributed by atoms with Crippen LogP contribution < -0.4 is 48.7 Å². The summed E-state index contributed by atoms with van der Waals surface area (Å²) in [6.45, 7) is 4.51. The monoisotopic (exact) mass is 970 g/mol. The van der Waals surface area contributed by atoms with Crippen LogP contribution in [0.1, 0.15) is 86.7 Å². The summed E-state index contributed by atoms with van der Waals surface area (Å²) >= 11 is 0. The highest BCUT2D eigenvalue weighted by Gasteiger charge is 2.35. The molecule has 0 saturated carbocycles. The fourth-order valence-corrected chi connectivity index (χ4v) is 8.65. The molecule has 71 heavy (non-hydrogen) atoms. The molecule has 7 amide bonds. The van der Waals surface area contributed by atoms with Crippen LogP contribution in [-0.2, 0) is 41.6 Å². The molecule has 5 atom stereocenters. The van der Waals surface area contributed by atoms with Crippen LogP contribution in [0.25, 0.3) is 21.7 Å². The standard InChI is InChI=1S/C53H67N11O7/c1-33(2)30-44-51(70)61-42(23-13-28-58-53(54)55)48(67)62-43(24-25-46(65)56-29-26-34-14-4-3-5-15-34)50(69)60-41(22-10-11-27-57-47(66)39-20-12-17-35-16-6-7-18-37(35)39)49(68)64-45(52(71)63-44)31-36-32-59-40-21-9-8-19-38(36)40/h3-9,12,14-21,32-33,41-45,59H,10-11,13,22-31H2,1-2H3,(H,56,65)(H,57,66)(H,60,69)(H,61,70)(H,62,67)(H,63,71)(H,64,68)(H4,54,55,58). The Kier molecular flexibility index (Phi) is 19.5. The molecule has 18 heteroatoms. The number of para-hydroxylation sites is 1. The van der Waals surface area contributed by atoms with Gasteiger partial charge in [0.15, 0.2) is 5.96 Å². The number of carbonyl (C=O) groups is 7. The quantitative estimate of drug-likeness (QED) is 0.0311. The van der Waals surface area contributed by atoms with Crippen molar-refractivity contribution in [3.05, 3.63) is 120 Å². The molecule has 2 heterocycles. The number of rotatable bonds is 20. The minimum atomic E-state index is -1.34. The van der Waals surface area contributed by atoms with Crippen LogP contribution in [0, 0.1) is 5.92 Å². The summed E-state index contributed by atoms with van der Waals surface area (Å²) < 4.78 is 0. The number of hydrogen-bond donors (Lipinski definition) is 10. The molecule has 1 aliphatic rings. The maximum atomic E-state index is 14.6. The van der Waals surface area contributed by atoms with E-state index < -0.39 is 59.7 Å². The number of nitrogens with two attached hydrogens (primary N) is 2. The largest absolute Gasteiger partial charge is 0.370 e. The van der Waals surface area contributed by atoms with Gasteiger partial charge in [-0.15, -0.1) is 0 Å². The molecule has 376 valence electrons. The van der Waals surface area contributed by atoms with Crippen LogP contribution in [-0.4, -0.2) is 102 Å². The summed E-state index contributed by atoms with van der Waals surface area (Å²) in [7, 11) is 0. The molecular weight excluding hydrogens is 903 g/mol. The fourth-order valence-electron chi connectivity index (χ4n) is 8.65. The van der Waals surface area contributed by atoms with Crippen LogP contribution in [0.3, 0.4) is 0 Å². The third kappa shape index (κ3) is 15.9. The van der Waals surface area contributed by atoms with Gasteiger partial charge in [-0.05, 0) is 91.3 Å². The van der Waals surface area contributed by atoms with Crippen molar-refractivity contribution in [3.8, 4) is 0 Å². The molecule has 5 unspecified atom stereocenters. The van der Waals surface area contributed by atoms with Crippen molar-refractivity contribution in [2.45, 2.75) is 108 Å². The lowest BCUT2D eigenvalue weighted by atomic mass is 9.99. The van der Waals surface area contributed by atoms with Gasteiger partial charge in [-0.2, -0.15) is 0 Å². The first-order chi connectivity index (χ1) is 34.2. The van der Waals surface area contributed by atoms with E-state index in [9.17, 15) is 33.6 Å². The number of guanidine groups is 1. The second-order valence-corrected chi connectivity index (χ2v) is 18.4. The Hall–Kier alpha value is -7.76. The number of amides is 7. The average molecular weight is 970 g/mol. The zero-order valence-electron chi connectivity index (χ0n) is 40.4. The number of aromatic amines is 1. The second-order valence-electron chi connectivity index (χ2n) is 18.4. The highest BCUT2D eigenvalue weighted by Crippen LogP contribution is 2.21. The van der Waals surface area contributed by atoms with Crippen molar-refractivity contribution < 1.29 is 33.6 Å². The minimum absolute atomic E-state index is 0.0218. The highest BCUT2D eigenvalue weighted by atomic mass is 16.2. The maximum absolute atomic E-state index is 14.6. The SMILES string of the molecule is CC(C)CC1NC(=O)C(Cc2c[nH]c3ccccc23)NC(=O)C(CCCCNC(=O)c2cccc3ccccc23)NC(=O)C(CCC(=O)NCCc2ccccc2)NC(=O)C(CCCN=C(N)N)NC1=O. The zero-order chi connectivity index (χ0) is 50.7. The predicted molar refractivity (Wildman–Crippen MR) is 274 cm³/mol. The van der Waals surface area contributed by atoms with E-state index >= 15 is 0 Å². The summed E-state index contributed by atoms with van der Waals surface area (Å²) in [5.41, 5.74) is 14.2. The van der Waals surface area contributed by atoms with Gasteiger partial charge in [-0.1, -0.05) is 98.8 Å². The van der Waals surface area contributed by atoms with Gasteiger partial charge in [0.1, 0.15) is 30.2 Å². The Morgan fingerprint density at radius 3 is 1.89 bits per heavy atom. The highest BCUT2D eigenvalue weighted by molar-refractivity contribution is 6.07. The number of benzene rings is 4. The first kappa shape index (κ1) is 52.6. The van der Waals surface area contributed by atoms with E-state index in [0.29, 0.717) is 31.4 Å². The van der Waals surface area contributed by atoms with Gasteiger partial charge < -0.3 is 53.7 Å². The molecule has 0 bridgehead atoms. The number of hydrogen-bond acceptors (Lipinski definition) is 8. The zero-order valence-corrected chi connectivity index (χ0v) is 40.4. The first-order valence-electron chi connectivity index (χ1n) is 24.4. The number of fused-ring (bicyclic) bond motifs is 2. The number of unbranched alkanes of at least 4 members (excludes halogenated alkanes) is 1. The van der Waals surface area contributed by atoms with Crippen LogP contribution in [0.4, 0.5) is 0 Å². The molecule has 1 aliphatic heterocycles. The van der Waals surface area contributed by atoms with E-state index in [0.717, 1.165) is 32.8 Å². The summed E-state index contributed by atoms with van der Waals surface area (Å²) in [5, 5.41) is 22.6. The van der Waals surface area contributed by atoms with E-state index in [-0.39, 0.29) is 81.7 Å². The summed E-state index contributed by atoms with van der Waals surface area (Å²) in [5.74, 6) is -4.31. The predicted octanol–water partition coefficient (Wildman–Crippen LogP) is 3.14. The molecular formula is C53H67N11O7. The van der Waals surface area contributed by atoms with Crippen molar-refractivity contribution in [1.82, 2.24) is 42.2 Å². The van der Waals surface area contributed by atoms with Crippen molar-refractivity contribution in [1.29, 1.82) is 0 Å². The van der Waals surface area contributed by atoms with Gasteiger partial charge >= 0.3 is 0 Å². The molecule has 5 aromatic rings. The van der Waals surface area contributed by atoms with Gasteiger partial charge in [-0.3, -0.25) is 38.6 Å². The molecule has 0 radical (unpaired) electrons. The van der Waals surface area contributed by atoms with Gasteiger partial charge in [0, 0.05) is 55.1 Å². The maximum Gasteiger partial charge on any atom is 0.251 e. The Morgan fingerprint density at radius 2 is 1.18 bits per heavy atom. The van der Waals surface area contributed by atoms with E-state index in [1.54, 1.807) is 12.3 Å². The number of H-pyrrole nitrogens is 1. The minimum Gasteiger partial charge on any atom is -0.370 e. The topological polar surface area (TPSA) is 284 Å². The Balaban J connectivity index is 1.28. The second kappa shape index (κ2) is 26.3. The first-order valence-corrected chi connectivity index (χ1v) is 24.4. The number of aromatic nitrogens is 1. The molecule has 18 nitrogen and oxygen atoms in total. The van der Waals surface area contributed by atoms with Gasteiger partial charge in [-0.25, -0.2) is 0 Å². The molecule has 6 rings (SSSR count). The lowest BCUT2D eigenvalue weighted by Gasteiger charge is -2.26. The number of carbonyl (C=O) groups excluding carboxylic acids is 7. The van der Waals surface area contributed by atoms with Gasteiger partial charge in [0.05, 0.1) is 0 Å². The van der Waals surface area contributed by atoms with Gasteiger partial charge in [0.2, 0.25) is 35.4 Å². The molecule has 0 spiro atoms. The third-order valence-electron chi connectivity index (χ3n) is 12.4. The molecule has 12 N–H and O–H groups in total. The lowest BCUT2D eigenvalue weighted by Crippen LogP contribution is -2.58. The summed E-state index contributed by atoms with van der Waals surface area (Å²) in [6, 6.07) is 24.1. The van der Waals surface area contributed by atoms with Crippen LogP contribution in [0.2, 0.25) is 0 Å². The normalized spacial score (nSPS) is 19.1. The Morgan fingerprint density at radius 1 is 0.606 bits per heavy atom. The average Bonchev–Trinajstić information content (AvgIpc) is 3.76. The fraction of sp³-hybridized carbons (Fsp3) is 0.396.